The fourth-order valence-electron chi connectivity index (χ4n) is 12.4. The number of fused-ring (bicyclic) bond motifs is 12. The third-order valence-corrected chi connectivity index (χ3v) is 16.0. The molecule has 70 heavy (non-hydrogen) atoms. The normalized spacial score (nSPS) is 14.6. The van der Waals surface area contributed by atoms with E-state index in [2.05, 4.69) is 254 Å². The van der Waals surface area contributed by atoms with E-state index in [-0.39, 0.29) is 28.4 Å². The lowest BCUT2D eigenvalue weighted by Crippen LogP contribution is -2.60. The molecule has 0 radical (unpaired) electrons. The third-order valence-electron chi connectivity index (χ3n) is 16.0. The predicted molar refractivity (Wildman–Crippen MR) is 298 cm³/mol. The van der Waals surface area contributed by atoms with E-state index in [1.165, 1.54) is 83.4 Å². The van der Waals surface area contributed by atoms with Crippen LogP contribution in [-0.4, -0.2) is 11.3 Å². The lowest BCUT2D eigenvalue weighted by molar-refractivity contribution is 0.590. The van der Waals surface area contributed by atoms with Crippen LogP contribution in [0.3, 0.4) is 0 Å². The maximum Gasteiger partial charge on any atom is 0.252 e. The van der Waals surface area contributed by atoms with Crippen molar-refractivity contribution in [2.45, 2.75) is 97.8 Å². The van der Waals surface area contributed by atoms with E-state index in [0.717, 1.165) is 44.7 Å². The van der Waals surface area contributed by atoms with Gasteiger partial charge in [0.15, 0.2) is 0 Å². The molecule has 5 heteroatoms. The number of para-hydroxylation sites is 2. The summed E-state index contributed by atoms with van der Waals surface area (Å²) in [6, 6.07) is 62.2. The van der Waals surface area contributed by atoms with Crippen molar-refractivity contribution < 1.29 is 4.42 Å². The molecule has 0 atom stereocenters. The van der Waals surface area contributed by atoms with Crippen molar-refractivity contribution in [1.82, 2.24) is 4.57 Å². The van der Waals surface area contributed by atoms with Crippen LogP contribution in [0.4, 0.5) is 34.1 Å². The van der Waals surface area contributed by atoms with Crippen molar-refractivity contribution in [2.75, 3.05) is 9.80 Å². The fourth-order valence-corrected chi connectivity index (χ4v) is 12.4. The summed E-state index contributed by atoms with van der Waals surface area (Å²) in [5.74, 6) is 0. The van der Waals surface area contributed by atoms with Crippen LogP contribution in [0.1, 0.15) is 104 Å². The molecule has 0 saturated carbocycles. The molecular formula is C65H60BN3O. The minimum absolute atomic E-state index is 0.0187. The summed E-state index contributed by atoms with van der Waals surface area (Å²) in [6.07, 6.45) is 0. The van der Waals surface area contributed by atoms with Gasteiger partial charge in [0.2, 0.25) is 0 Å². The average molecular weight is 910 g/mol. The maximum atomic E-state index is 6.70. The van der Waals surface area contributed by atoms with Gasteiger partial charge in [0, 0.05) is 61.4 Å². The topological polar surface area (TPSA) is 24.6 Å². The fraction of sp³-hybridized carbons (Fsp3) is 0.231. The first-order valence-electron chi connectivity index (χ1n) is 25.2. The number of anilines is 6. The zero-order valence-electron chi connectivity index (χ0n) is 42.4. The Labute approximate surface area is 413 Å². The number of benzene rings is 8. The Morgan fingerprint density at radius 1 is 0.486 bits per heavy atom. The van der Waals surface area contributed by atoms with Gasteiger partial charge in [-0.3, -0.25) is 0 Å². The molecule has 2 aliphatic heterocycles. The van der Waals surface area contributed by atoms with E-state index in [1.807, 2.05) is 0 Å². The van der Waals surface area contributed by atoms with E-state index in [4.69, 9.17) is 4.42 Å². The molecule has 0 unspecified atom stereocenters. The van der Waals surface area contributed by atoms with Gasteiger partial charge in [0.1, 0.15) is 11.2 Å². The molecule has 3 aliphatic rings. The standard InChI is InChI=1S/C65H60BN3O/c1-62(2,3)39-26-30-42(31-27-39)67(43-32-28-40(29-33-43)63(4,5)6)44-34-35-49-52(38-44)68(51-23-17-25-56-57(51)46-19-13-15-24-55(46)70-56)53-36-41(64(7,8)9)37-54-59(53)66(49)50-22-16-20-47-58-61(69(54)60(47)50)45-18-12-14-21-48(45)65(58,10)11/h12-38H,1-11H3. The number of aromatic nitrogens is 1. The molecule has 13 rings (SSSR count). The summed E-state index contributed by atoms with van der Waals surface area (Å²) in [7, 11) is 0. The van der Waals surface area contributed by atoms with Gasteiger partial charge in [-0.05, 0) is 127 Å². The number of nitrogens with zero attached hydrogens (tertiary/aromatic N) is 3. The Morgan fingerprint density at radius 3 is 1.76 bits per heavy atom. The third kappa shape index (κ3) is 6.03. The Bertz CT molecular complexity index is 3750. The average Bonchev–Trinajstić information content (AvgIpc) is 3.97. The minimum atomic E-state index is -0.171. The summed E-state index contributed by atoms with van der Waals surface area (Å²) >= 11 is 0. The molecule has 4 nitrogen and oxygen atoms in total. The zero-order chi connectivity index (χ0) is 48.4. The lowest BCUT2D eigenvalue weighted by Gasteiger charge is -2.42. The monoisotopic (exact) mass is 909 g/mol. The summed E-state index contributed by atoms with van der Waals surface area (Å²) in [5, 5.41) is 3.58. The van der Waals surface area contributed by atoms with Gasteiger partial charge >= 0.3 is 0 Å². The first-order valence-corrected chi connectivity index (χ1v) is 25.2. The van der Waals surface area contributed by atoms with Crippen LogP contribution in [0, 0.1) is 0 Å². The molecule has 4 heterocycles. The van der Waals surface area contributed by atoms with Crippen molar-refractivity contribution >= 4 is 90.1 Å². The van der Waals surface area contributed by atoms with E-state index in [1.54, 1.807) is 0 Å². The zero-order valence-corrected chi connectivity index (χ0v) is 42.4. The van der Waals surface area contributed by atoms with Crippen LogP contribution < -0.4 is 26.2 Å². The maximum absolute atomic E-state index is 6.70. The van der Waals surface area contributed by atoms with E-state index < -0.39 is 0 Å². The summed E-state index contributed by atoms with van der Waals surface area (Å²) in [5.41, 5.74) is 24.3. The van der Waals surface area contributed by atoms with E-state index in [0.29, 0.717) is 0 Å². The smallest absolute Gasteiger partial charge is 0.252 e. The highest BCUT2D eigenvalue weighted by atomic mass is 16.3. The SMILES string of the molecule is CC(C)(C)c1ccc(N(c2ccc(C(C)(C)C)cc2)c2ccc3c(c2)N(c2cccc4oc5ccccc5c24)c2cc(C(C)(C)C)cc4c2B3c2cccc3c5c(n-4c23)-c2ccccc2C5(C)C)cc1. The summed E-state index contributed by atoms with van der Waals surface area (Å²) < 4.78 is 9.37. The van der Waals surface area contributed by atoms with Gasteiger partial charge in [-0.25, -0.2) is 0 Å². The molecular weight excluding hydrogens is 850 g/mol. The van der Waals surface area contributed by atoms with Crippen molar-refractivity contribution in [3.05, 3.63) is 192 Å². The number of hydrogen-bond acceptors (Lipinski definition) is 3. The van der Waals surface area contributed by atoms with Crippen LogP contribution in [0.5, 0.6) is 0 Å². The Balaban J connectivity index is 1.15. The second-order valence-electron chi connectivity index (χ2n) is 23.8. The van der Waals surface area contributed by atoms with Crippen molar-refractivity contribution in [1.29, 1.82) is 0 Å². The van der Waals surface area contributed by atoms with Gasteiger partial charge < -0.3 is 18.8 Å². The van der Waals surface area contributed by atoms with Crippen LogP contribution in [0.15, 0.2) is 168 Å². The van der Waals surface area contributed by atoms with E-state index in [9.17, 15) is 0 Å². The molecule has 2 aromatic heterocycles. The number of furan rings is 1. The lowest BCUT2D eigenvalue weighted by atomic mass is 9.33. The molecule has 0 N–H and O–H groups in total. The van der Waals surface area contributed by atoms with Crippen LogP contribution in [0.2, 0.25) is 0 Å². The highest BCUT2D eigenvalue weighted by Crippen LogP contribution is 2.55. The van der Waals surface area contributed by atoms with Gasteiger partial charge in [-0.2, -0.15) is 0 Å². The van der Waals surface area contributed by atoms with E-state index >= 15 is 0 Å². The summed E-state index contributed by atoms with van der Waals surface area (Å²) in [6.45, 7) is 25.6. The van der Waals surface area contributed by atoms with Gasteiger partial charge in [0.05, 0.1) is 16.8 Å². The Morgan fingerprint density at radius 2 is 1.07 bits per heavy atom. The van der Waals surface area contributed by atoms with Gasteiger partial charge in [0.25, 0.3) is 6.71 Å². The second kappa shape index (κ2) is 14.4. The Kier molecular flexibility index (Phi) is 8.82. The number of hydrogen-bond donors (Lipinski definition) is 0. The first kappa shape index (κ1) is 42.8. The van der Waals surface area contributed by atoms with Crippen LogP contribution in [-0.2, 0) is 21.7 Å². The van der Waals surface area contributed by atoms with Crippen molar-refractivity contribution in [3.8, 4) is 16.9 Å². The van der Waals surface area contributed by atoms with Crippen LogP contribution >= 0.6 is 0 Å². The van der Waals surface area contributed by atoms with Gasteiger partial charge in [-0.15, -0.1) is 0 Å². The quantitative estimate of drug-likeness (QED) is 0.165. The van der Waals surface area contributed by atoms with Crippen molar-refractivity contribution in [3.63, 3.8) is 0 Å². The number of rotatable bonds is 4. The molecule has 0 bridgehead atoms. The predicted octanol–water partition coefficient (Wildman–Crippen LogP) is 15.8. The highest BCUT2D eigenvalue weighted by Gasteiger charge is 2.47. The molecule has 0 spiro atoms. The second-order valence-corrected chi connectivity index (χ2v) is 23.8. The first-order chi connectivity index (χ1) is 33.4. The van der Waals surface area contributed by atoms with Gasteiger partial charge in [-0.1, -0.05) is 173 Å². The summed E-state index contributed by atoms with van der Waals surface area (Å²) in [4.78, 5) is 5.05. The van der Waals surface area contributed by atoms with Crippen LogP contribution in [0.25, 0.3) is 49.8 Å². The Hall–Kier alpha value is -7.24. The molecule has 0 amide bonds. The molecule has 10 aromatic rings. The molecule has 1 aliphatic carbocycles. The molecule has 8 aromatic carbocycles. The molecule has 0 saturated heterocycles. The highest BCUT2D eigenvalue weighted by molar-refractivity contribution is 7.00. The molecule has 0 fully saturated rings. The minimum Gasteiger partial charge on any atom is -0.456 e. The largest absolute Gasteiger partial charge is 0.456 e. The molecule has 344 valence electrons. The van der Waals surface area contributed by atoms with Crippen molar-refractivity contribution in [2.24, 2.45) is 0 Å².